The van der Waals surface area contributed by atoms with Gasteiger partial charge < -0.3 is 10.3 Å². The van der Waals surface area contributed by atoms with E-state index in [-0.39, 0.29) is 5.84 Å². The molecule has 0 aliphatic rings. The number of fused-ring (bicyclic) bond motifs is 9. The van der Waals surface area contributed by atoms with Crippen molar-refractivity contribution in [2.45, 2.75) is 6.92 Å². The third kappa shape index (κ3) is 7.00. The van der Waals surface area contributed by atoms with E-state index in [1.807, 2.05) is 60.7 Å². The lowest BCUT2D eigenvalue weighted by molar-refractivity contribution is 1.18. The van der Waals surface area contributed by atoms with Gasteiger partial charge in [0.2, 0.25) is 0 Å². The van der Waals surface area contributed by atoms with E-state index in [0.717, 1.165) is 27.9 Å². The van der Waals surface area contributed by atoms with Crippen LogP contribution in [-0.4, -0.2) is 16.2 Å². The Balaban J connectivity index is 0.000000581. The van der Waals surface area contributed by atoms with Crippen LogP contribution in [0.1, 0.15) is 16.7 Å². The van der Waals surface area contributed by atoms with Crippen molar-refractivity contribution >= 4 is 65.8 Å². The zero-order chi connectivity index (χ0) is 41.3. The molecule has 0 radical (unpaired) electrons. The van der Waals surface area contributed by atoms with E-state index in [4.69, 9.17) is 11.1 Å². The standard InChI is InChI=1S/C50H34N4.C7H8/c51-49(32-13-3-1-4-14-32)53-50(52)36-16-11-15-33(29-36)34-25-27-43-44(30-34)40-20-8-7-19-39(40)42-23-12-22-38(48(42)43)35-26-28-47-45(31-35)41-21-9-10-24-46(41)54(47)37-17-5-2-6-18-37;1-7-5-3-2-4-6-7/h1-31H,(H3,51,52,53);2-6H,1H3. The molecule has 1 heterocycles. The molecule has 11 aromatic rings. The highest BCUT2D eigenvalue weighted by Gasteiger charge is 2.17. The molecular weight excluding hydrogens is 741 g/mol. The first-order valence-corrected chi connectivity index (χ1v) is 20.6. The van der Waals surface area contributed by atoms with Gasteiger partial charge in [0.1, 0.15) is 5.84 Å². The molecule has 0 saturated carbocycles. The number of aromatic nitrogens is 1. The summed E-state index contributed by atoms with van der Waals surface area (Å²) in [4.78, 5) is 4.44. The monoisotopic (exact) mass is 782 g/mol. The number of aliphatic imine (C=N–C) groups is 1. The van der Waals surface area contributed by atoms with Gasteiger partial charge in [-0.1, -0.05) is 181 Å². The Hall–Kier alpha value is -8.08. The van der Waals surface area contributed by atoms with E-state index in [1.54, 1.807) is 0 Å². The Kier molecular flexibility index (Phi) is 9.72. The SMILES string of the molecule is Cc1ccccc1.N=C(N=C(N)c1cccc(-c2ccc3c(c2)c2ccccc2c2cccc(-c4ccc5c(c4)c4ccccc4n5-c4ccccc4)c23)c1)c1ccccc1. The first kappa shape index (κ1) is 37.2. The Morgan fingerprint density at radius 2 is 0.967 bits per heavy atom. The lowest BCUT2D eigenvalue weighted by atomic mass is 9.88. The lowest BCUT2D eigenvalue weighted by Crippen LogP contribution is -2.16. The third-order valence-electron chi connectivity index (χ3n) is 11.6. The van der Waals surface area contributed by atoms with Crippen LogP contribution in [0.15, 0.2) is 223 Å². The van der Waals surface area contributed by atoms with Crippen molar-refractivity contribution in [2.24, 2.45) is 10.7 Å². The molecule has 4 heteroatoms. The van der Waals surface area contributed by atoms with E-state index >= 15 is 0 Å². The molecule has 0 unspecified atom stereocenters. The first-order valence-electron chi connectivity index (χ1n) is 20.6. The minimum Gasteiger partial charge on any atom is -0.383 e. The summed E-state index contributed by atoms with van der Waals surface area (Å²) in [5.74, 6) is 0.455. The maximum Gasteiger partial charge on any atom is 0.154 e. The van der Waals surface area contributed by atoms with E-state index in [9.17, 15) is 0 Å². The molecule has 0 aliphatic heterocycles. The first-order chi connectivity index (χ1) is 30.0. The molecular formula is C57H42N4. The van der Waals surface area contributed by atoms with Crippen LogP contribution in [0, 0.1) is 12.3 Å². The summed E-state index contributed by atoms with van der Waals surface area (Å²) in [6.45, 7) is 2.08. The van der Waals surface area contributed by atoms with Crippen molar-refractivity contribution in [3.63, 3.8) is 0 Å². The summed E-state index contributed by atoms with van der Waals surface area (Å²) in [6.07, 6.45) is 0. The summed E-state index contributed by atoms with van der Waals surface area (Å²) in [6, 6.07) is 76.3. The van der Waals surface area contributed by atoms with Gasteiger partial charge in [-0.15, -0.1) is 0 Å². The van der Waals surface area contributed by atoms with Crippen LogP contribution in [0.25, 0.3) is 82.1 Å². The van der Waals surface area contributed by atoms with Crippen LogP contribution in [-0.2, 0) is 0 Å². The Bertz CT molecular complexity index is 3440. The molecule has 3 N–H and O–H groups in total. The van der Waals surface area contributed by atoms with Gasteiger partial charge in [0.25, 0.3) is 0 Å². The van der Waals surface area contributed by atoms with Crippen molar-refractivity contribution in [2.75, 3.05) is 0 Å². The van der Waals surface area contributed by atoms with Crippen molar-refractivity contribution in [3.05, 3.63) is 235 Å². The molecule has 61 heavy (non-hydrogen) atoms. The van der Waals surface area contributed by atoms with Gasteiger partial charge >= 0.3 is 0 Å². The maximum atomic E-state index is 8.48. The fourth-order valence-electron chi connectivity index (χ4n) is 8.66. The second-order valence-electron chi connectivity index (χ2n) is 15.4. The van der Waals surface area contributed by atoms with E-state index in [1.165, 1.54) is 70.8 Å². The van der Waals surface area contributed by atoms with Gasteiger partial charge in [0, 0.05) is 27.6 Å². The third-order valence-corrected chi connectivity index (χ3v) is 11.6. The molecule has 0 spiro atoms. The molecule has 4 nitrogen and oxygen atoms in total. The Labute approximate surface area is 355 Å². The number of nitrogens with one attached hydrogen (secondary N) is 1. The van der Waals surface area contributed by atoms with E-state index in [0.29, 0.717) is 5.84 Å². The Morgan fingerprint density at radius 3 is 1.70 bits per heavy atom. The normalized spacial score (nSPS) is 11.6. The number of hydrogen-bond donors (Lipinski definition) is 2. The van der Waals surface area contributed by atoms with Gasteiger partial charge in [-0.3, -0.25) is 5.41 Å². The second kappa shape index (κ2) is 15.9. The van der Waals surface area contributed by atoms with Crippen molar-refractivity contribution in [1.82, 2.24) is 4.57 Å². The highest BCUT2D eigenvalue weighted by molar-refractivity contribution is 6.29. The second-order valence-corrected chi connectivity index (χ2v) is 15.4. The molecule has 11 rings (SSSR count). The molecule has 0 atom stereocenters. The summed E-state index contributed by atoms with van der Waals surface area (Å²) in [5.41, 5.74) is 17.4. The molecule has 0 fully saturated rings. The van der Waals surface area contributed by atoms with Crippen LogP contribution >= 0.6 is 0 Å². The van der Waals surface area contributed by atoms with E-state index < -0.39 is 0 Å². The van der Waals surface area contributed by atoms with Crippen LogP contribution in [0.3, 0.4) is 0 Å². The Morgan fingerprint density at radius 1 is 0.426 bits per heavy atom. The van der Waals surface area contributed by atoms with Crippen molar-refractivity contribution < 1.29 is 0 Å². The number of amidine groups is 2. The molecule has 0 aliphatic carbocycles. The molecule has 1 aromatic heterocycles. The minimum absolute atomic E-state index is 0.138. The quantitative estimate of drug-likeness (QED) is 0.102. The highest BCUT2D eigenvalue weighted by Crippen LogP contribution is 2.43. The number of aryl methyl sites for hydroxylation is 1. The maximum absolute atomic E-state index is 8.48. The van der Waals surface area contributed by atoms with Gasteiger partial charge in [-0.2, -0.15) is 0 Å². The fourth-order valence-corrected chi connectivity index (χ4v) is 8.66. The van der Waals surface area contributed by atoms with Gasteiger partial charge in [-0.05, 0) is 104 Å². The average molecular weight is 783 g/mol. The number of para-hydroxylation sites is 2. The predicted octanol–water partition coefficient (Wildman–Crippen LogP) is 14.3. The molecule has 0 amide bonds. The van der Waals surface area contributed by atoms with E-state index in [2.05, 4.69) is 174 Å². The van der Waals surface area contributed by atoms with Crippen LogP contribution in [0.4, 0.5) is 0 Å². The number of nitrogens with zero attached hydrogens (tertiary/aromatic N) is 2. The average Bonchev–Trinajstić information content (AvgIpc) is 3.66. The number of benzene rings is 10. The van der Waals surface area contributed by atoms with Crippen LogP contribution in [0.2, 0.25) is 0 Å². The molecule has 290 valence electrons. The minimum atomic E-state index is 0.138. The zero-order valence-electron chi connectivity index (χ0n) is 33.8. The number of rotatable bonds is 5. The zero-order valence-corrected chi connectivity index (χ0v) is 33.8. The summed E-state index contributed by atoms with van der Waals surface area (Å²) in [7, 11) is 0. The predicted molar refractivity (Wildman–Crippen MR) is 259 cm³/mol. The van der Waals surface area contributed by atoms with Gasteiger partial charge in [0.15, 0.2) is 5.84 Å². The number of hydrogen-bond acceptors (Lipinski definition) is 1. The largest absolute Gasteiger partial charge is 0.383 e. The number of nitrogens with two attached hydrogens (primary N) is 1. The van der Waals surface area contributed by atoms with Crippen molar-refractivity contribution in [1.29, 1.82) is 5.41 Å². The molecule has 0 bridgehead atoms. The summed E-state index contributed by atoms with van der Waals surface area (Å²) < 4.78 is 2.36. The fraction of sp³-hybridized carbons (Fsp3) is 0.0175. The van der Waals surface area contributed by atoms with Gasteiger partial charge in [0.05, 0.1) is 11.0 Å². The molecule has 10 aromatic carbocycles. The summed E-state index contributed by atoms with van der Waals surface area (Å²) in [5, 5.41) is 18.3. The van der Waals surface area contributed by atoms with Crippen LogP contribution < -0.4 is 5.73 Å². The summed E-state index contributed by atoms with van der Waals surface area (Å²) >= 11 is 0. The topological polar surface area (TPSA) is 67.2 Å². The van der Waals surface area contributed by atoms with Crippen molar-refractivity contribution in [3.8, 4) is 27.9 Å². The van der Waals surface area contributed by atoms with Gasteiger partial charge in [-0.25, -0.2) is 4.99 Å². The lowest BCUT2D eigenvalue weighted by Gasteiger charge is -2.16. The highest BCUT2D eigenvalue weighted by atomic mass is 15.0. The smallest absolute Gasteiger partial charge is 0.154 e. The molecule has 0 saturated heterocycles. The van der Waals surface area contributed by atoms with Crippen LogP contribution in [0.5, 0.6) is 0 Å².